The lowest BCUT2D eigenvalue weighted by Crippen LogP contribution is -2.49. The van der Waals surface area contributed by atoms with Gasteiger partial charge in [0.15, 0.2) is 5.76 Å². The van der Waals surface area contributed by atoms with Gasteiger partial charge in [0.1, 0.15) is 5.69 Å². The molecule has 2 heterocycles. The molecule has 0 spiro atoms. The van der Waals surface area contributed by atoms with Crippen LogP contribution in [0.1, 0.15) is 11.3 Å². The van der Waals surface area contributed by atoms with E-state index in [2.05, 4.69) is 20.3 Å². The van der Waals surface area contributed by atoms with E-state index in [1.807, 2.05) is 66.7 Å². The highest BCUT2D eigenvalue weighted by molar-refractivity contribution is 5.78. The van der Waals surface area contributed by atoms with E-state index < -0.39 is 0 Å². The largest absolute Gasteiger partial charge is 0.359 e. The minimum absolute atomic E-state index is 0.0741. The van der Waals surface area contributed by atoms with Crippen LogP contribution in [-0.2, 0) is 17.9 Å². The average molecular weight is 390 g/mol. The number of nitrogens with one attached hydrogen (secondary N) is 1. The number of carbonyl (C=O) groups is 1. The van der Waals surface area contributed by atoms with Gasteiger partial charge in [-0.1, -0.05) is 65.8 Å². The number of carbonyl (C=O) groups excluding carboxylic acids is 1. The Kier molecular flexibility index (Phi) is 6.34. The van der Waals surface area contributed by atoms with Crippen LogP contribution in [0, 0.1) is 0 Å². The molecule has 1 amide bonds. The van der Waals surface area contributed by atoms with Gasteiger partial charge >= 0.3 is 0 Å². The molecule has 6 nitrogen and oxygen atoms in total. The normalized spacial score (nSPS) is 15.3. The summed E-state index contributed by atoms with van der Waals surface area (Å²) >= 11 is 0. The highest BCUT2D eigenvalue weighted by Crippen LogP contribution is 2.19. The summed E-state index contributed by atoms with van der Waals surface area (Å²) in [6, 6.07) is 22.1. The SMILES string of the molecule is O=C(CN1CCN(Cc2cc(-c3ccccc3)no2)CC1)NCc1ccccc1. The van der Waals surface area contributed by atoms with Gasteiger partial charge in [-0.15, -0.1) is 0 Å². The van der Waals surface area contributed by atoms with Crippen molar-refractivity contribution in [1.29, 1.82) is 0 Å². The Labute approximate surface area is 171 Å². The standard InChI is InChI=1S/C23H26N4O2/c28-23(24-16-19-7-3-1-4-8-19)18-27-13-11-26(12-14-27)17-21-15-22(25-29-21)20-9-5-2-6-10-20/h1-10,15H,11-14,16-18H2,(H,24,28). The number of rotatable bonds is 7. The summed E-state index contributed by atoms with van der Waals surface area (Å²) in [6.07, 6.45) is 0. The van der Waals surface area contributed by atoms with E-state index in [0.717, 1.165) is 55.3 Å². The maximum atomic E-state index is 12.2. The number of hydrogen-bond donors (Lipinski definition) is 1. The summed E-state index contributed by atoms with van der Waals surface area (Å²) in [7, 11) is 0. The number of piperazine rings is 1. The Morgan fingerprint density at radius 3 is 2.31 bits per heavy atom. The van der Waals surface area contributed by atoms with Crippen molar-refractivity contribution in [3.8, 4) is 11.3 Å². The third-order valence-electron chi connectivity index (χ3n) is 5.17. The van der Waals surface area contributed by atoms with Gasteiger partial charge in [0.25, 0.3) is 0 Å². The van der Waals surface area contributed by atoms with E-state index in [1.165, 1.54) is 0 Å². The molecule has 1 N–H and O–H groups in total. The van der Waals surface area contributed by atoms with Gasteiger partial charge in [0.05, 0.1) is 13.1 Å². The van der Waals surface area contributed by atoms with E-state index in [1.54, 1.807) is 0 Å². The lowest BCUT2D eigenvalue weighted by atomic mass is 10.1. The van der Waals surface area contributed by atoms with Crippen LogP contribution in [0.3, 0.4) is 0 Å². The fourth-order valence-electron chi connectivity index (χ4n) is 3.51. The molecule has 0 radical (unpaired) electrons. The molecule has 29 heavy (non-hydrogen) atoms. The van der Waals surface area contributed by atoms with E-state index in [9.17, 15) is 4.79 Å². The van der Waals surface area contributed by atoms with Crippen LogP contribution in [0.2, 0.25) is 0 Å². The minimum Gasteiger partial charge on any atom is -0.359 e. The number of amides is 1. The lowest BCUT2D eigenvalue weighted by Gasteiger charge is -2.33. The second-order valence-corrected chi connectivity index (χ2v) is 7.36. The molecule has 1 fully saturated rings. The van der Waals surface area contributed by atoms with Crippen molar-refractivity contribution in [2.24, 2.45) is 0 Å². The Morgan fingerprint density at radius 1 is 0.931 bits per heavy atom. The fraction of sp³-hybridized carbons (Fsp3) is 0.304. The van der Waals surface area contributed by atoms with Gasteiger partial charge in [-0.05, 0) is 5.56 Å². The van der Waals surface area contributed by atoms with E-state index in [-0.39, 0.29) is 5.91 Å². The molecule has 1 aliphatic heterocycles. The van der Waals surface area contributed by atoms with Gasteiger partial charge in [-0.3, -0.25) is 14.6 Å². The molecule has 0 saturated carbocycles. The zero-order valence-electron chi connectivity index (χ0n) is 16.5. The summed E-state index contributed by atoms with van der Waals surface area (Å²) in [6.45, 7) is 5.33. The minimum atomic E-state index is 0.0741. The van der Waals surface area contributed by atoms with Crippen LogP contribution in [0.25, 0.3) is 11.3 Å². The molecule has 4 rings (SSSR count). The molecule has 0 aliphatic carbocycles. The summed E-state index contributed by atoms with van der Waals surface area (Å²) in [5.74, 6) is 0.947. The molecular formula is C23H26N4O2. The Morgan fingerprint density at radius 2 is 1.59 bits per heavy atom. The van der Waals surface area contributed by atoms with Crippen LogP contribution < -0.4 is 5.32 Å². The average Bonchev–Trinajstić information content (AvgIpc) is 3.24. The molecule has 6 heteroatoms. The van der Waals surface area contributed by atoms with Gasteiger partial charge in [0, 0.05) is 44.4 Å². The number of hydrogen-bond acceptors (Lipinski definition) is 5. The first-order valence-electron chi connectivity index (χ1n) is 10.0. The predicted octanol–water partition coefficient (Wildman–Crippen LogP) is 2.78. The van der Waals surface area contributed by atoms with Crippen LogP contribution in [0.5, 0.6) is 0 Å². The number of aromatic nitrogens is 1. The molecule has 0 atom stereocenters. The summed E-state index contributed by atoms with van der Waals surface area (Å²) in [5, 5.41) is 7.18. The van der Waals surface area contributed by atoms with Crippen LogP contribution in [0.15, 0.2) is 71.3 Å². The molecule has 0 unspecified atom stereocenters. The topological polar surface area (TPSA) is 61.6 Å². The molecule has 1 saturated heterocycles. The van der Waals surface area contributed by atoms with Crippen LogP contribution in [0.4, 0.5) is 0 Å². The maximum absolute atomic E-state index is 12.2. The zero-order valence-corrected chi connectivity index (χ0v) is 16.5. The molecule has 1 aliphatic rings. The number of nitrogens with zero attached hydrogens (tertiary/aromatic N) is 3. The Balaban J connectivity index is 1.20. The molecule has 1 aromatic heterocycles. The molecular weight excluding hydrogens is 364 g/mol. The quantitative estimate of drug-likeness (QED) is 0.672. The van der Waals surface area contributed by atoms with Gasteiger partial charge in [-0.2, -0.15) is 0 Å². The van der Waals surface area contributed by atoms with Crippen molar-refractivity contribution in [2.75, 3.05) is 32.7 Å². The van der Waals surface area contributed by atoms with Crippen molar-refractivity contribution < 1.29 is 9.32 Å². The first-order chi connectivity index (χ1) is 14.3. The molecule has 2 aromatic carbocycles. The Bertz CT molecular complexity index is 903. The van der Waals surface area contributed by atoms with Crippen molar-refractivity contribution in [3.63, 3.8) is 0 Å². The first-order valence-corrected chi connectivity index (χ1v) is 10.0. The third kappa shape index (κ3) is 5.53. The van der Waals surface area contributed by atoms with Crippen molar-refractivity contribution in [2.45, 2.75) is 13.1 Å². The van der Waals surface area contributed by atoms with E-state index >= 15 is 0 Å². The van der Waals surface area contributed by atoms with Crippen molar-refractivity contribution in [3.05, 3.63) is 78.1 Å². The smallest absolute Gasteiger partial charge is 0.234 e. The van der Waals surface area contributed by atoms with E-state index in [4.69, 9.17) is 4.52 Å². The van der Waals surface area contributed by atoms with Crippen LogP contribution >= 0.6 is 0 Å². The molecule has 0 bridgehead atoms. The summed E-state index contributed by atoms with van der Waals surface area (Å²) in [4.78, 5) is 16.7. The summed E-state index contributed by atoms with van der Waals surface area (Å²) in [5.41, 5.74) is 3.05. The van der Waals surface area contributed by atoms with Gasteiger partial charge in [-0.25, -0.2) is 0 Å². The van der Waals surface area contributed by atoms with Crippen molar-refractivity contribution >= 4 is 5.91 Å². The number of benzene rings is 2. The predicted molar refractivity (Wildman–Crippen MR) is 112 cm³/mol. The van der Waals surface area contributed by atoms with Crippen LogP contribution in [-0.4, -0.2) is 53.6 Å². The fourth-order valence-corrected chi connectivity index (χ4v) is 3.51. The highest BCUT2D eigenvalue weighted by atomic mass is 16.5. The molecule has 150 valence electrons. The maximum Gasteiger partial charge on any atom is 0.234 e. The lowest BCUT2D eigenvalue weighted by molar-refractivity contribution is -0.122. The first kappa shape index (κ1) is 19.4. The Hall–Kier alpha value is -2.96. The highest BCUT2D eigenvalue weighted by Gasteiger charge is 2.20. The van der Waals surface area contributed by atoms with E-state index in [0.29, 0.717) is 13.1 Å². The zero-order chi connectivity index (χ0) is 19.9. The second-order valence-electron chi connectivity index (χ2n) is 7.36. The molecule has 3 aromatic rings. The third-order valence-corrected chi connectivity index (χ3v) is 5.17. The van der Waals surface area contributed by atoms with Gasteiger partial charge < -0.3 is 9.84 Å². The van der Waals surface area contributed by atoms with Crippen molar-refractivity contribution in [1.82, 2.24) is 20.3 Å². The van der Waals surface area contributed by atoms with Gasteiger partial charge in [0.2, 0.25) is 5.91 Å². The second kappa shape index (κ2) is 9.49. The monoisotopic (exact) mass is 390 g/mol. The summed E-state index contributed by atoms with van der Waals surface area (Å²) < 4.78 is 5.52.